The molecular formula is C13H15ClN2S2. The molecule has 0 spiro atoms. The van der Waals surface area contributed by atoms with Gasteiger partial charge in [-0.1, -0.05) is 23.7 Å². The first kappa shape index (κ1) is 13.9. The lowest BCUT2D eigenvalue weighted by molar-refractivity contribution is 0.620. The Labute approximate surface area is 121 Å². The zero-order valence-electron chi connectivity index (χ0n) is 10.0. The molecule has 0 aliphatic rings. The van der Waals surface area contributed by atoms with E-state index in [0.29, 0.717) is 0 Å². The van der Waals surface area contributed by atoms with Crippen LogP contribution >= 0.6 is 34.7 Å². The molecule has 96 valence electrons. The van der Waals surface area contributed by atoms with Crippen molar-refractivity contribution in [2.24, 2.45) is 5.84 Å². The molecule has 1 aromatic heterocycles. The van der Waals surface area contributed by atoms with Crippen LogP contribution in [0.2, 0.25) is 5.02 Å². The van der Waals surface area contributed by atoms with Gasteiger partial charge in [0.25, 0.3) is 0 Å². The summed E-state index contributed by atoms with van der Waals surface area (Å²) in [6.45, 7) is 2.10. The number of hydrogen-bond donors (Lipinski definition) is 2. The van der Waals surface area contributed by atoms with E-state index in [9.17, 15) is 0 Å². The van der Waals surface area contributed by atoms with Crippen LogP contribution < -0.4 is 11.3 Å². The number of benzene rings is 1. The van der Waals surface area contributed by atoms with Gasteiger partial charge in [-0.25, -0.2) is 0 Å². The molecule has 1 unspecified atom stereocenters. The zero-order valence-corrected chi connectivity index (χ0v) is 12.4. The number of thioether (sulfide) groups is 1. The Morgan fingerprint density at radius 1 is 1.33 bits per heavy atom. The quantitative estimate of drug-likeness (QED) is 0.498. The number of aryl methyl sites for hydroxylation is 1. The topological polar surface area (TPSA) is 38.0 Å². The van der Waals surface area contributed by atoms with Crippen LogP contribution in [-0.4, -0.2) is 5.75 Å². The summed E-state index contributed by atoms with van der Waals surface area (Å²) in [6, 6.07) is 12.3. The lowest BCUT2D eigenvalue weighted by atomic mass is 10.3. The van der Waals surface area contributed by atoms with Crippen LogP contribution in [0.4, 0.5) is 0 Å². The number of rotatable bonds is 5. The lowest BCUT2D eigenvalue weighted by Crippen LogP contribution is -2.29. The Morgan fingerprint density at radius 2 is 2.11 bits per heavy atom. The fraction of sp³-hybridized carbons (Fsp3) is 0.231. The average molecular weight is 299 g/mol. The van der Waals surface area contributed by atoms with Crippen molar-refractivity contribution in [3.05, 3.63) is 51.2 Å². The molecule has 0 aliphatic carbocycles. The Hall–Kier alpha value is -0.520. The number of halogens is 1. The molecule has 1 atom stereocenters. The molecule has 0 aliphatic heterocycles. The fourth-order valence-corrected chi connectivity index (χ4v) is 3.93. The Kier molecular flexibility index (Phi) is 5.09. The smallest absolute Gasteiger partial charge is 0.0647 e. The number of nitrogens with two attached hydrogens (primary N) is 1. The summed E-state index contributed by atoms with van der Waals surface area (Å²) in [5.74, 6) is 6.49. The highest BCUT2D eigenvalue weighted by molar-refractivity contribution is 7.99. The van der Waals surface area contributed by atoms with Crippen LogP contribution in [0.15, 0.2) is 41.3 Å². The van der Waals surface area contributed by atoms with Gasteiger partial charge >= 0.3 is 0 Å². The van der Waals surface area contributed by atoms with Gasteiger partial charge in [0.05, 0.1) is 11.1 Å². The van der Waals surface area contributed by atoms with E-state index < -0.39 is 0 Å². The van der Waals surface area contributed by atoms with Gasteiger partial charge in [-0.2, -0.15) is 0 Å². The highest BCUT2D eigenvalue weighted by Crippen LogP contribution is 2.31. The molecule has 1 aromatic carbocycles. The van der Waals surface area contributed by atoms with Crippen molar-refractivity contribution in [1.29, 1.82) is 0 Å². The molecule has 18 heavy (non-hydrogen) atoms. The summed E-state index contributed by atoms with van der Waals surface area (Å²) < 4.78 is 0. The van der Waals surface area contributed by atoms with E-state index in [0.717, 1.165) is 15.7 Å². The molecule has 2 rings (SSSR count). The minimum Gasteiger partial charge on any atom is -0.271 e. The highest BCUT2D eigenvalue weighted by Gasteiger charge is 2.12. The summed E-state index contributed by atoms with van der Waals surface area (Å²) in [5, 5.41) is 0.792. The molecule has 0 saturated carbocycles. The van der Waals surface area contributed by atoms with E-state index in [1.807, 2.05) is 24.3 Å². The van der Waals surface area contributed by atoms with E-state index in [-0.39, 0.29) is 6.04 Å². The number of thiophene rings is 1. The summed E-state index contributed by atoms with van der Waals surface area (Å²) in [5.41, 5.74) is 2.87. The summed E-state index contributed by atoms with van der Waals surface area (Å²) in [4.78, 5) is 3.65. The van der Waals surface area contributed by atoms with Crippen molar-refractivity contribution in [3.63, 3.8) is 0 Å². The second-order valence-corrected chi connectivity index (χ2v) is 6.70. The third kappa shape index (κ3) is 3.49. The maximum Gasteiger partial charge on any atom is 0.0647 e. The number of hydrazine groups is 1. The summed E-state index contributed by atoms with van der Waals surface area (Å²) >= 11 is 9.62. The Balaban J connectivity index is 2.02. The van der Waals surface area contributed by atoms with Crippen molar-refractivity contribution in [2.45, 2.75) is 17.9 Å². The van der Waals surface area contributed by atoms with Gasteiger partial charge in [0, 0.05) is 20.4 Å². The van der Waals surface area contributed by atoms with Crippen molar-refractivity contribution in [2.75, 3.05) is 5.75 Å². The van der Waals surface area contributed by atoms with Crippen LogP contribution in [-0.2, 0) is 0 Å². The van der Waals surface area contributed by atoms with E-state index in [1.165, 1.54) is 9.75 Å². The molecule has 5 heteroatoms. The molecule has 0 amide bonds. The molecular weight excluding hydrogens is 284 g/mol. The second-order valence-electron chi connectivity index (χ2n) is 3.91. The normalized spacial score (nSPS) is 12.6. The van der Waals surface area contributed by atoms with Gasteiger partial charge in [0.15, 0.2) is 0 Å². The molecule has 0 saturated heterocycles. The van der Waals surface area contributed by atoms with Gasteiger partial charge in [-0.05, 0) is 31.2 Å². The summed E-state index contributed by atoms with van der Waals surface area (Å²) in [6.07, 6.45) is 0. The monoisotopic (exact) mass is 298 g/mol. The fourth-order valence-electron chi connectivity index (χ4n) is 1.59. The third-order valence-corrected chi connectivity index (χ3v) is 5.27. The zero-order chi connectivity index (χ0) is 13.0. The van der Waals surface area contributed by atoms with Crippen LogP contribution in [0.5, 0.6) is 0 Å². The van der Waals surface area contributed by atoms with Gasteiger partial charge in [-0.3, -0.25) is 11.3 Å². The van der Waals surface area contributed by atoms with Crippen molar-refractivity contribution >= 4 is 34.7 Å². The van der Waals surface area contributed by atoms with Crippen LogP contribution in [0.1, 0.15) is 15.8 Å². The maximum atomic E-state index is 6.13. The summed E-state index contributed by atoms with van der Waals surface area (Å²) in [7, 11) is 0. The Morgan fingerprint density at radius 3 is 2.72 bits per heavy atom. The first-order valence-electron chi connectivity index (χ1n) is 5.60. The van der Waals surface area contributed by atoms with Crippen molar-refractivity contribution in [3.8, 4) is 0 Å². The Bertz CT molecular complexity index is 513. The highest BCUT2D eigenvalue weighted by atomic mass is 35.5. The van der Waals surface area contributed by atoms with Crippen LogP contribution in [0.25, 0.3) is 0 Å². The van der Waals surface area contributed by atoms with Crippen molar-refractivity contribution < 1.29 is 0 Å². The third-order valence-electron chi connectivity index (χ3n) is 2.55. The first-order chi connectivity index (χ1) is 8.70. The van der Waals surface area contributed by atoms with E-state index >= 15 is 0 Å². The van der Waals surface area contributed by atoms with Gasteiger partial charge in [0.2, 0.25) is 0 Å². The van der Waals surface area contributed by atoms with Crippen LogP contribution in [0.3, 0.4) is 0 Å². The molecule has 2 nitrogen and oxygen atoms in total. The molecule has 2 aromatic rings. The molecule has 0 bridgehead atoms. The standard InChI is InChI=1S/C13H15ClN2S2/c1-9-6-7-13(18-9)11(16-15)8-17-12-5-3-2-4-10(12)14/h2-7,11,16H,8,15H2,1H3. The predicted molar refractivity (Wildman–Crippen MR) is 81.3 cm³/mol. The molecule has 0 radical (unpaired) electrons. The second kappa shape index (κ2) is 6.59. The predicted octanol–water partition coefficient (Wildman–Crippen LogP) is 4.01. The van der Waals surface area contributed by atoms with E-state index in [2.05, 4.69) is 24.5 Å². The first-order valence-corrected chi connectivity index (χ1v) is 7.78. The van der Waals surface area contributed by atoms with E-state index in [1.54, 1.807) is 23.1 Å². The number of nitrogens with one attached hydrogen (secondary N) is 1. The minimum atomic E-state index is 0.157. The minimum absolute atomic E-state index is 0.157. The SMILES string of the molecule is Cc1ccc(C(CSc2ccccc2Cl)NN)s1. The van der Waals surface area contributed by atoms with E-state index in [4.69, 9.17) is 17.4 Å². The molecule has 1 heterocycles. The van der Waals surface area contributed by atoms with Crippen molar-refractivity contribution in [1.82, 2.24) is 5.43 Å². The van der Waals surface area contributed by atoms with Gasteiger partial charge in [-0.15, -0.1) is 23.1 Å². The lowest BCUT2D eigenvalue weighted by Gasteiger charge is -2.14. The van der Waals surface area contributed by atoms with Gasteiger partial charge < -0.3 is 0 Å². The average Bonchev–Trinajstić information content (AvgIpc) is 2.79. The maximum absolute atomic E-state index is 6.13. The number of hydrogen-bond acceptors (Lipinski definition) is 4. The van der Waals surface area contributed by atoms with Gasteiger partial charge in [0.1, 0.15) is 0 Å². The molecule has 3 N–H and O–H groups in total. The largest absolute Gasteiger partial charge is 0.271 e. The van der Waals surface area contributed by atoms with Crippen LogP contribution in [0, 0.1) is 6.92 Å². The molecule has 0 fully saturated rings.